The zero-order valence-electron chi connectivity index (χ0n) is 14.0. The quantitative estimate of drug-likeness (QED) is 0.805. The van der Waals surface area contributed by atoms with Gasteiger partial charge in [0, 0.05) is 32.1 Å². The number of rotatable bonds is 6. The third-order valence-corrected chi connectivity index (χ3v) is 5.65. The number of hydrogen-bond donors (Lipinski definition) is 2. The summed E-state index contributed by atoms with van der Waals surface area (Å²) in [5, 5.41) is 5.34. The summed E-state index contributed by atoms with van der Waals surface area (Å²) < 4.78 is 25.8. The Labute approximate surface area is 142 Å². The molecule has 0 aromatic heterocycles. The molecule has 8 heteroatoms. The van der Waals surface area contributed by atoms with Crippen molar-refractivity contribution in [3.05, 3.63) is 23.8 Å². The third kappa shape index (κ3) is 4.47. The molecule has 0 saturated carbocycles. The summed E-state index contributed by atoms with van der Waals surface area (Å²) in [6, 6.07) is 5.27. The van der Waals surface area contributed by atoms with E-state index in [1.54, 1.807) is 19.1 Å². The molecule has 0 unspecified atom stereocenters. The predicted octanol–water partition coefficient (Wildman–Crippen LogP) is 1.25. The fraction of sp³-hybridized carbons (Fsp3) is 0.500. The number of amides is 2. The topological polar surface area (TPSA) is 95.6 Å². The van der Waals surface area contributed by atoms with Gasteiger partial charge in [-0.25, -0.2) is 8.42 Å². The first kappa shape index (κ1) is 18.3. The van der Waals surface area contributed by atoms with Gasteiger partial charge >= 0.3 is 0 Å². The van der Waals surface area contributed by atoms with Gasteiger partial charge < -0.3 is 10.6 Å². The van der Waals surface area contributed by atoms with E-state index in [1.807, 2.05) is 6.07 Å². The van der Waals surface area contributed by atoms with Crippen LogP contribution in [0.2, 0.25) is 0 Å². The number of hydrogen-bond acceptors (Lipinski definition) is 4. The molecule has 0 fully saturated rings. The van der Waals surface area contributed by atoms with E-state index in [1.165, 1.54) is 11.2 Å². The van der Waals surface area contributed by atoms with Crippen molar-refractivity contribution in [2.75, 3.05) is 28.5 Å². The fourth-order valence-electron chi connectivity index (χ4n) is 2.66. The number of carbonyl (C=O) groups is 2. The Morgan fingerprint density at radius 1 is 1.29 bits per heavy atom. The summed E-state index contributed by atoms with van der Waals surface area (Å²) in [5.74, 6) is -0.306. The molecule has 24 heavy (non-hydrogen) atoms. The van der Waals surface area contributed by atoms with Crippen molar-refractivity contribution in [3.8, 4) is 0 Å². The molecule has 2 rings (SSSR count). The van der Waals surface area contributed by atoms with Gasteiger partial charge in [-0.2, -0.15) is 0 Å². The highest BCUT2D eigenvalue weighted by Gasteiger charge is 2.26. The largest absolute Gasteiger partial charge is 0.356 e. The standard InChI is InChI=1S/C16H23N3O4S/c1-3-24(22,23)19-10-4-5-13-11-14(6-7-15(13)19)18-16(21)8-9-17-12(2)20/h6-7,11H,3-5,8-10H2,1-2H3,(H,17,20)(H,18,21). The lowest BCUT2D eigenvalue weighted by Gasteiger charge is -2.30. The molecule has 0 aliphatic carbocycles. The van der Waals surface area contributed by atoms with Gasteiger partial charge in [-0.15, -0.1) is 0 Å². The Morgan fingerprint density at radius 2 is 2.04 bits per heavy atom. The van der Waals surface area contributed by atoms with Crippen molar-refractivity contribution in [1.29, 1.82) is 0 Å². The second-order valence-corrected chi connectivity index (χ2v) is 7.88. The second kappa shape index (κ2) is 7.65. The Balaban J connectivity index is 2.08. The highest BCUT2D eigenvalue weighted by atomic mass is 32.2. The molecular formula is C16H23N3O4S. The molecule has 1 aromatic rings. The van der Waals surface area contributed by atoms with Crippen LogP contribution in [0.5, 0.6) is 0 Å². The smallest absolute Gasteiger partial charge is 0.234 e. The third-order valence-electron chi connectivity index (χ3n) is 3.87. The lowest BCUT2D eigenvalue weighted by Crippen LogP contribution is -2.36. The first-order valence-corrected chi connectivity index (χ1v) is 9.62. The molecule has 1 heterocycles. The van der Waals surface area contributed by atoms with Crippen LogP contribution in [-0.4, -0.2) is 39.1 Å². The molecular weight excluding hydrogens is 330 g/mol. The fourth-order valence-corrected chi connectivity index (χ4v) is 3.86. The Morgan fingerprint density at radius 3 is 2.71 bits per heavy atom. The Kier molecular flexibility index (Phi) is 5.82. The van der Waals surface area contributed by atoms with Crippen molar-refractivity contribution >= 4 is 33.2 Å². The minimum Gasteiger partial charge on any atom is -0.356 e. The van der Waals surface area contributed by atoms with Gasteiger partial charge in [0.2, 0.25) is 21.8 Å². The van der Waals surface area contributed by atoms with Gasteiger partial charge in [0.1, 0.15) is 0 Å². The first-order chi connectivity index (χ1) is 11.3. The molecule has 0 bridgehead atoms. The van der Waals surface area contributed by atoms with E-state index in [0.29, 0.717) is 17.9 Å². The van der Waals surface area contributed by atoms with E-state index in [-0.39, 0.29) is 30.5 Å². The number of nitrogens with one attached hydrogen (secondary N) is 2. The Hall–Kier alpha value is -2.09. The summed E-state index contributed by atoms with van der Waals surface area (Å²) in [4.78, 5) is 22.6. The number of aryl methyl sites for hydroxylation is 1. The summed E-state index contributed by atoms with van der Waals surface area (Å²) in [6.07, 6.45) is 1.72. The summed E-state index contributed by atoms with van der Waals surface area (Å²) >= 11 is 0. The Bertz CT molecular complexity index is 731. The van der Waals surface area contributed by atoms with Crippen LogP contribution in [0, 0.1) is 0 Å². The van der Waals surface area contributed by atoms with Gasteiger partial charge in [0.05, 0.1) is 11.4 Å². The highest BCUT2D eigenvalue weighted by molar-refractivity contribution is 7.92. The van der Waals surface area contributed by atoms with Crippen LogP contribution in [-0.2, 0) is 26.0 Å². The maximum absolute atomic E-state index is 12.2. The normalized spacial score (nSPS) is 14.0. The van der Waals surface area contributed by atoms with E-state index in [2.05, 4.69) is 10.6 Å². The predicted molar refractivity (Wildman–Crippen MR) is 93.5 cm³/mol. The van der Waals surface area contributed by atoms with Gasteiger partial charge in [-0.3, -0.25) is 13.9 Å². The van der Waals surface area contributed by atoms with Crippen molar-refractivity contribution in [3.63, 3.8) is 0 Å². The molecule has 0 spiro atoms. The zero-order chi connectivity index (χ0) is 17.7. The van der Waals surface area contributed by atoms with E-state index < -0.39 is 10.0 Å². The minimum atomic E-state index is -3.28. The van der Waals surface area contributed by atoms with Crippen molar-refractivity contribution in [1.82, 2.24) is 5.32 Å². The number of benzene rings is 1. The monoisotopic (exact) mass is 353 g/mol. The number of sulfonamides is 1. The highest BCUT2D eigenvalue weighted by Crippen LogP contribution is 2.31. The van der Waals surface area contributed by atoms with Crippen LogP contribution in [0.1, 0.15) is 32.3 Å². The molecule has 1 aliphatic rings. The molecule has 7 nitrogen and oxygen atoms in total. The van der Waals surface area contributed by atoms with Crippen LogP contribution in [0.4, 0.5) is 11.4 Å². The number of anilines is 2. The molecule has 0 saturated heterocycles. The average molecular weight is 353 g/mol. The first-order valence-electron chi connectivity index (χ1n) is 8.01. The summed E-state index contributed by atoms with van der Waals surface area (Å²) in [6.45, 7) is 3.81. The van der Waals surface area contributed by atoms with Crippen molar-refractivity contribution < 1.29 is 18.0 Å². The molecule has 1 aromatic carbocycles. The van der Waals surface area contributed by atoms with Crippen LogP contribution in [0.15, 0.2) is 18.2 Å². The van der Waals surface area contributed by atoms with Crippen LogP contribution >= 0.6 is 0 Å². The molecule has 1 aliphatic heterocycles. The number of carbonyl (C=O) groups excluding carboxylic acids is 2. The molecule has 0 radical (unpaired) electrons. The molecule has 2 N–H and O–H groups in total. The second-order valence-electron chi connectivity index (χ2n) is 5.70. The van der Waals surface area contributed by atoms with Gasteiger partial charge in [-0.1, -0.05) is 0 Å². The number of fused-ring (bicyclic) bond motifs is 1. The number of nitrogens with zero attached hydrogens (tertiary/aromatic N) is 1. The zero-order valence-corrected chi connectivity index (χ0v) is 14.8. The van der Waals surface area contributed by atoms with Crippen LogP contribution in [0.3, 0.4) is 0 Å². The molecule has 2 amide bonds. The van der Waals surface area contributed by atoms with E-state index in [9.17, 15) is 18.0 Å². The minimum absolute atomic E-state index is 0.0636. The van der Waals surface area contributed by atoms with Gasteiger partial charge in [0.25, 0.3) is 0 Å². The maximum atomic E-state index is 12.2. The molecule has 132 valence electrons. The van der Waals surface area contributed by atoms with Crippen molar-refractivity contribution in [2.24, 2.45) is 0 Å². The maximum Gasteiger partial charge on any atom is 0.234 e. The van der Waals surface area contributed by atoms with Crippen molar-refractivity contribution in [2.45, 2.75) is 33.1 Å². The van der Waals surface area contributed by atoms with E-state index in [0.717, 1.165) is 18.4 Å². The average Bonchev–Trinajstić information content (AvgIpc) is 2.53. The summed E-state index contributed by atoms with van der Waals surface area (Å²) in [7, 11) is -3.28. The van der Waals surface area contributed by atoms with Gasteiger partial charge in [-0.05, 0) is 43.5 Å². The molecule has 0 atom stereocenters. The van der Waals surface area contributed by atoms with E-state index >= 15 is 0 Å². The lowest BCUT2D eigenvalue weighted by atomic mass is 10.0. The SMILES string of the molecule is CCS(=O)(=O)N1CCCc2cc(NC(=O)CCNC(C)=O)ccc21. The lowest BCUT2D eigenvalue weighted by molar-refractivity contribution is -0.119. The van der Waals surface area contributed by atoms with Gasteiger partial charge in [0.15, 0.2) is 0 Å². The summed E-state index contributed by atoms with van der Waals surface area (Å²) in [5.41, 5.74) is 2.25. The van der Waals surface area contributed by atoms with Crippen LogP contribution < -0.4 is 14.9 Å². The van der Waals surface area contributed by atoms with Crippen LogP contribution in [0.25, 0.3) is 0 Å². The van der Waals surface area contributed by atoms with E-state index in [4.69, 9.17) is 0 Å².